The molecule has 2 N–H and O–H groups in total. The molecule has 1 aliphatic rings. The molecule has 0 unspecified atom stereocenters. The maximum absolute atomic E-state index is 10.7. The molecule has 0 radical (unpaired) electrons. The summed E-state index contributed by atoms with van der Waals surface area (Å²) in [6.07, 6.45) is 2.31. The van der Waals surface area contributed by atoms with E-state index in [1.165, 1.54) is 0 Å². The fourth-order valence-corrected chi connectivity index (χ4v) is 1.25. The van der Waals surface area contributed by atoms with Gasteiger partial charge in [0.1, 0.15) is 5.54 Å². The van der Waals surface area contributed by atoms with E-state index in [9.17, 15) is 4.79 Å². The third-order valence-corrected chi connectivity index (χ3v) is 2.33. The summed E-state index contributed by atoms with van der Waals surface area (Å²) in [5.74, 6) is -0.828. The first-order valence-corrected chi connectivity index (χ1v) is 4.62. The van der Waals surface area contributed by atoms with E-state index in [1.807, 2.05) is 0 Å². The highest BCUT2D eigenvalue weighted by molar-refractivity contribution is 5.77. The Labute approximate surface area is 78.3 Å². The van der Waals surface area contributed by atoms with Crippen LogP contribution in [0.1, 0.15) is 26.7 Å². The van der Waals surface area contributed by atoms with Crippen LogP contribution in [0.2, 0.25) is 0 Å². The molecule has 0 amide bonds. The van der Waals surface area contributed by atoms with Crippen LogP contribution in [0.3, 0.4) is 0 Å². The van der Waals surface area contributed by atoms with E-state index in [-0.39, 0.29) is 6.10 Å². The summed E-state index contributed by atoms with van der Waals surface area (Å²) in [6, 6.07) is 0. The van der Waals surface area contributed by atoms with Crippen molar-refractivity contribution in [3.63, 3.8) is 0 Å². The van der Waals surface area contributed by atoms with Gasteiger partial charge in [-0.3, -0.25) is 10.1 Å². The fraction of sp³-hybridized carbons (Fsp3) is 0.889. The van der Waals surface area contributed by atoms with Crippen LogP contribution < -0.4 is 5.32 Å². The molecule has 0 aromatic carbocycles. The van der Waals surface area contributed by atoms with E-state index < -0.39 is 11.5 Å². The molecule has 4 nitrogen and oxygen atoms in total. The van der Waals surface area contributed by atoms with Crippen molar-refractivity contribution in [3.8, 4) is 0 Å². The predicted octanol–water partition coefficient (Wildman–Crippen LogP) is 0.618. The summed E-state index contributed by atoms with van der Waals surface area (Å²) in [7, 11) is 0. The molecule has 76 valence electrons. The van der Waals surface area contributed by atoms with Crippen molar-refractivity contribution in [2.24, 2.45) is 0 Å². The molecule has 1 fully saturated rings. The first-order valence-electron chi connectivity index (χ1n) is 4.62. The van der Waals surface area contributed by atoms with Crippen molar-refractivity contribution in [1.82, 2.24) is 5.32 Å². The van der Waals surface area contributed by atoms with E-state index >= 15 is 0 Å². The van der Waals surface area contributed by atoms with Gasteiger partial charge in [0.05, 0.1) is 6.10 Å². The van der Waals surface area contributed by atoms with E-state index in [0.29, 0.717) is 6.54 Å². The number of hydrogen-bond donors (Lipinski definition) is 2. The Kier molecular flexibility index (Phi) is 3.27. The van der Waals surface area contributed by atoms with Gasteiger partial charge in [-0.25, -0.2) is 0 Å². The lowest BCUT2D eigenvalue weighted by molar-refractivity contribution is -0.143. The van der Waals surface area contributed by atoms with Crippen LogP contribution in [0.4, 0.5) is 0 Å². The van der Waals surface area contributed by atoms with Crippen LogP contribution in [0, 0.1) is 0 Å². The first kappa shape index (κ1) is 10.5. The van der Waals surface area contributed by atoms with Gasteiger partial charge >= 0.3 is 5.97 Å². The molecule has 4 heteroatoms. The Morgan fingerprint density at radius 1 is 1.69 bits per heavy atom. The van der Waals surface area contributed by atoms with Crippen LogP contribution in [0.25, 0.3) is 0 Å². The Morgan fingerprint density at radius 3 is 2.85 bits per heavy atom. The molecule has 13 heavy (non-hydrogen) atoms. The van der Waals surface area contributed by atoms with Crippen LogP contribution in [0.5, 0.6) is 0 Å². The highest BCUT2D eigenvalue weighted by Crippen LogP contribution is 2.12. The highest BCUT2D eigenvalue weighted by atomic mass is 16.5. The number of aliphatic carboxylic acids is 1. The Bertz CT molecular complexity index is 185. The second kappa shape index (κ2) is 4.07. The normalized spacial score (nSPS) is 23.4. The molecular weight excluding hydrogens is 170 g/mol. The molecular formula is C9H17NO3. The van der Waals surface area contributed by atoms with Gasteiger partial charge in [0.15, 0.2) is 0 Å². The Balaban J connectivity index is 2.28. The zero-order valence-electron chi connectivity index (χ0n) is 8.17. The smallest absolute Gasteiger partial charge is 0.323 e. The molecule has 1 heterocycles. The van der Waals surface area contributed by atoms with E-state index in [4.69, 9.17) is 9.84 Å². The summed E-state index contributed by atoms with van der Waals surface area (Å²) in [4.78, 5) is 10.7. The number of carboxylic acids is 1. The lowest BCUT2D eigenvalue weighted by Crippen LogP contribution is -2.49. The molecule has 0 spiro atoms. The van der Waals surface area contributed by atoms with Crippen molar-refractivity contribution in [1.29, 1.82) is 0 Å². The maximum atomic E-state index is 10.7. The van der Waals surface area contributed by atoms with Gasteiger partial charge in [-0.05, 0) is 26.7 Å². The highest BCUT2D eigenvalue weighted by Gasteiger charge is 2.28. The zero-order valence-corrected chi connectivity index (χ0v) is 8.17. The summed E-state index contributed by atoms with van der Waals surface area (Å²) in [5.41, 5.74) is -0.855. The molecule has 0 aromatic rings. The fourth-order valence-electron chi connectivity index (χ4n) is 1.25. The minimum absolute atomic E-state index is 0.193. The molecule has 0 bridgehead atoms. The van der Waals surface area contributed by atoms with Crippen LogP contribution in [0.15, 0.2) is 0 Å². The van der Waals surface area contributed by atoms with E-state index in [1.54, 1.807) is 13.8 Å². The summed E-state index contributed by atoms with van der Waals surface area (Å²) in [6.45, 7) is 4.74. The van der Waals surface area contributed by atoms with E-state index in [2.05, 4.69) is 5.32 Å². The van der Waals surface area contributed by atoms with Crippen LogP contribution in [-0.4, -0.2) is 35.9 Å². The van der Waals surface area contributed by atoms with Crippen molar-refractivity contribution in [2.75, 3.05) is 13.2 Å². The number of nitrogens with one attached hydrogen (secondary N) is 1. The van der Waals surface area contributed by atoms with Gasteiger partial charge in [-0.2, -0.15) is 0 Å². The zero-order chi connectivity index (χ0) is 9.90. The minimum Gasteiger partial charge on any atom is -0.480 e. The number of carboxylic acid groups (broad SMARTS) is 1. The average Bonchev–Trinajstić information content (AvgIpc) is 2.52. The van der Waals surface area contributed by atoms with Gasteiger partial charge in [0.25, 0.3) is 0 Å². The van der Waals surface area contributed by atoms with Crippen molar-refractivity contribution in [3.05, 3.63) is 0 Å². The van der Waals surface area contributed by atoms with Gasteiger partial charge in [-0.15, -0.1) is 0 Å². The van der Waals surface area contributed by atoms with Crippen molar-refractivity contribution >= 4 is 5.97 Å². The third kappa shape index (κ3) is 2.97. The molecule has 0 aliphatic carbocycles. The molecule has 1 rings (SSSR count). The number of hydrogen-bond acceptors (Lipinski definition) is 3. The lowest BCUT2D eigenvalue weighted by atomic mass is 10.1. The average molecular weight is 187 g/mol. The minimum atomic E-state index is -0.855. The van der Waals surface area contributed by atoms with Gasteiger partial charge < -0.3 is 9.84 Å². The quantitative estimate of drug-likeness (QED) is 0.677. The third-order valence-electron chi connectivity index (χ3n) is 2.33. The summed E-state index contributed by atoms with van der Waals surface area (Å²) < 4.78 is 5.37. The van der Waals surface area contributed by atoms with Crippen molar-refractivity contribution in [2.45, 2.75) is 38.3 Å². The predicted molar refractivity (Wildman–Crippen MR) is 48.7 cm³/mol. The van der Waals surface area contributed by atoms with E-state index in [0.717, 1.165) is 19.4 Å². The second-order valence-electron chi connectivity index (χ2n) is 3.95. The summed E-state index contributed by atoms with van der Waals surface area (Å²) >= 11 is 0. The van der Waals surface area contributed by atoms with Gasteiger partial charge in [-0.1, -0.05) is 0 Å². The SMILES string of the molecule is CC(C)(NC[C@@H]1CCCO1)C(=O)O. The number of rotatable bonds is 4. The standard InChI is InChI=1S/C9H17NO3/c1-9(2,8(11)12)10-6-7-4-3-5-13-7/h7,10H,3-6H2,1-2H3,(H,11,12)/t7-/m0/s1. The second-order valence-corrected chi connectivity index (χ2v) is 3.95. The maximum Gasteiger partial charge on any atom is 0.323 e. The first-order chi connectivity index (χ1) is 6.02. The van der Waals surface area contributed by atoms with Crippen LogP contribution >= 0.6 is 0 Å². The Hall–Kier alpha value is -0.610. The molecule has 1 saturated heterocycles. The Morgan fingerprint density at radius 2 is 2.38 bits per heavy atom. The molecule has 1 atom stereocenters. The topological polar surface area (TPSA) is 58.6 Å². The van der Waals surface area contributed by atoms with Crippen molar-refractivity contribution < 1.29 is 14.6 Å². The summed E-state index contributed by atoms with van der Waals surface area (Å²) in [5, 5.41) is 11.8. The monoisotopic (exact) mass is 187 g/mol. The lowest BCUT2D eigenvalue weighted by Gasteiger charge is -2.22. The van der Waals surface area contributed by atoms with Gasteiger partial charge in [0.2, 0.25) is 0 Å². The molecule has 0 saturated carbocycles. The molecule has 0 aromatic heterocycles. The largest absolute Gasteiger partial charge is 0.480 e. The van der Waals surface area contributed by atoms with Crippen LogP contribution in [-0.2, 0) is 9.53 Å². The van der Waals surface area contributed by atoms with Gasteiger partial charge in [0, 0.05) is 13.2 Å². The molecule has 1 aliphatic heterocycles. The number of ether oxygens (including phenoxy) is 1. The number of carbonyl (C=O) groups is 1.